The number of hydrogen-bond donors (Lipinski definition) is 1. The summed E-state index contributed by atoms with van der Waals surface area (Å²) in [6, 6.07) is 21.2. The number of sulfonamides is 1. The van der Waals surface area contributed by atoms with Gasteiger partial charge in [0.1, 0.15) is 0 Å². The van der Waals surface area contributed by atoms with Crippen molar-refractivity contribution >= 4 is 39.2 Å². The van der Waals surface area contributed by atoms with Gasteiger partial charge in [-0.2, -0.15) is 4.31 Å². The van der Waals surface area contributed by atoms with Gasteiger partial charge in [0.2, 0.25) is 15.9 Å². The van der Waals surface area contributed by atoms with Gasteiger partial charge in [0, 0.05) is 35.0 Å². The summed E-state index contributed by atoms with van der Waals surface area (Å²) < 4.78 is 27.5. The van der Waals surface area contributed by atoms with Crippen LogP contribution in [-0.4, -0.2) is 43.8 Å². The summed E-state index contributed by atoms with van der Waals surface area (Å²) in [4.78, 5) is 27.4. The van der Waals surface area contributed by atoms with Crippen LogP contribution in [0.25, 0.3) is 0 Å². The van der Waals surface area contributed by atoms with Crippen LogP contribution in [0.1, 0.15) is 34.3 Å². The van der Waals surface area contributed by atoms with Crippen LogP contribution >= 0.6 is 11.8 Å². The van der Waals surface area contributed by atoms with E-state index in [1.807, 2.05) is 25.3 Å². The Kier molecular flexibility index (Phi) is 7.74. The van der Waals surface area contributed by atoms with Gasteiger partial charge in [0.05, 0.1) is 10.6 Å². The van der Waals surface area contributed by atoms with Gasteiger partial charge in [-0.3, -0.25) is 9.59 Å². The minimum absolute atomic E-state index is 0.155. The van der Waals surface area contributed by atoms with Gasteiger partial charge in [-0.1, -0.05) is 42.0 Å². The minimum atomic E-state index is -3.60. The fraction of sp³-hybridized carbons (Fsp3) is 0.259. The second-order valence-electron chi connectivity index (χ2n) is 8.59. The van der Waals surface area contributed by atoms with E-state index in [4.69, 9.17) is 0 Å². The summed E-state index contributed by atoms with van der Waals surface area (Å²) >= 11 is 1.56. The molecule has 1 aliphatic heterocycles. The molecule has 0 unspecified atom stereocenters. The summed E-state index contributed by atoms with van der Waals surface area (Å²) in [6.45, 7) is 2.45. The van der Waals surface area contributed by atoms with Gasteiger partial charge < -0.3 is 5.32 Å². The minimum Gasteiger partial charge on any atom is -0.325 e. The Morgan fingerprint density at radius 3 is 2.23 bits per heavy atom. The average Bonchev–Trinajstić information content (AvgIpc) is 2.89. The number of benzene rings is 3. The number of rotatable bonds is 7. The number of ketones is 1. The Hall–Kier alpha value is -2.94. The lowest BCUT2D eigenvalue weighted by Gasteiger charge is -2.30. The molecule has 1 amide bonds. The first-order chi connectivity index (χ1) is 16.8. The first-order valence-electron chi connectivity index (χ1n) is 11.4. The lowest BCUT2D eigenvalue weighted by molar-refractivity contribution is -0.120. The van der Waals surface area contributed by atoms with Gasteiger partial charge in [0.15, 0.2) is 5.78 Å². The average molecular weight is 509 g/mol. The van der Waals surface area contributed by atoms with Crippen LogP contribution in [0.3, 0.4) is 0 Å². The van der Waals surface area contributed by atoms with E-state index in [0.29, 0.717) is 29.7 Å². The van der Waals surface area contributed by atoms with Crippen LogP contribution in [0, 0.1) is 12.8 Å². The van der Waals surface area contributed by atoms with Gasteiger partial charge in [-0.25, -0.2) is 8.42 Å². The molecule has 1 heterocycles. The van der Waals surface area contributed by atoms with Crippen molar-refractivity contribution in [1.29, 1.82) is 0 Å². The standard InChI is InChI=1S/C27H28N2O4S2/c1-19-8-13-25(24(18-19)26(30)20-6-4-3-5-7-20)28-27(31)21-14-16-29(17-15-21)35(32,33)23-11-9-22(34-2)10-12-23/h3-13,18,21H,14-17H2,1-2H3,(H,28,31). The van der Waals surface area contributed by atoms with Gasteiger partial charge >= 0.3 is 0 Å². The van der Waals surface area contributed by atoms with E-state index in [1.54, 1.807) is 72.4 Å². The van der Waals surface area contributed by atoms with Crippen molar-refractivity contribution in [2.45, 2.75) is 29.6 Å². The molecule has 0 bridgehead atoms. The molecule has 182 valence electrons. The number of piperidine rings is 1. The first-order valence-corrected chi connectivity index (χ1v) is 14.1. The first kappa shape index (κ1) is 25.2. The van der Waals surface area contributed by atoms with Gasteiger partial charge in [0.25, 0.3) is 0 Å². The fourth-order valence-electron chi connectivity index (χ4n) is 4.19. The largest absolute Gasteiger partial charge is 0.325 e. The van der Waals surface area contributed by atoms with Crippen LogP contribution < -0.4 is 5.32 Å². The maximum atomic E-state index is 13.1. The van der Waals surface area contributed by atoms with E-state index < -0.39 is 10.0 Å². The van der Waals surface area contributed by atoms with Gasteiger partial charge in [-0.15, -0.1) is 11.8 Å². The van der Waals surface area contributed by atoms with Crippen molar-refractivity contribution in [3.05, 3.63) is 89.5 Å². The number of amides is 1. The lowest BCUT2D eigenvalue weighted by Crippen LogP contribution is -2.41. The molecular weight excluding hydrogens is 480 g/mol. The maximum absolute atomic E-state index is 13.1. The number of nitrogens with one attached hydrogen (secondary N) is 1. The monoisotopic (exact) mass is 508 g/mol. The highest BCUT2D eigenvalue weighted by atomic mass is 32.2. The third-order valence-corrected chi connectivity index (χ3v) is 8.89. The Balaban J connectivity index is 1.44. The molecule has 1 saturated heterocycles. The van der Waals surface area contributed by atoms with E-state index >= 15 is 0 Å². The summed E-state index contributed by atoms with van der Waals surface area (Å²) in [5, 5.41) is 2.93. The molecule has 35 heavy (non-hydrogen) atoms. The molecule has 0 radical (unpaired) electrons. The second-order valence-corrected chi connectivity index (χ2v) is 11.4. The van der Waals surface area contributed by atoms with Crippen molar-refractivity contribution in [3.63, 3.8) is 0 Å². The van der Waals surface area contributed by atoms with Crippen molar-refractivity contribution in [2.24, 2.45) is 5.92 Å². The van der Waals surface area contributed by atoms with Crippen LogP contribution in [0.5, 0.6) is 0 Å². The molecule has 6 nitrogen and oxygen atoms in total. The highest BCUT2D eigenvalue weighted by Gasteiger charge is 2.32. The number of thioether (sulfide) groups is 1. The lowest BCUT2D eigenvalue weighted by atomic mass is 9.96. The number of carbonyl (C=O) groups is 2. The SMILES string of the molecule is CSc1ccc(S(=O)(=O)N2CCC(C(=O)Nc3ccc(C)cc3C(=O)c3ccccc3)CC2)cc1. The van der Waals surface area contributed by atoms with Crippen molar-refractivity contribution in [3.8, 4) is 0 Å². The van der Waals surface area contributed by atoms with Crippen molar-refractivity contribution < 1.29 is 18.0 Å². The molecule has 1 aliphatic rings. The highest BCUT2D eigenvalue weighted by Crippen LogP contribution is 2.27. The molecule has 0 atom stereocenters. The molecule has 0 spiro atoms. The number of carbonyl (C=O) groups excluding carboxylic acids is 2. The van der Waals surface area contributed by atoms with Crippen LogP contribution in [0.4, 0.5) is 5.69 Å². The molecule has 0 aromatic heterocycles. The molecule has 1 N–H and O–H groups in total. The van der Waals surface area contributed by atoms with Crippen molar-refractivity contribution in [1.82, 2.24) is 4.31 Å². The van der Waals surface area contributed by atoms with E-state index in [2.05, 4.69) is 5.32 Å². The normalized spacial score (nSPS) is 15.0. The second kappa shape index (κ2) is 10.8. The zero-order valence-corrected chi connectivity index (χ0v) is 21.4. The Morgan fingerprint density at radius 1 is 0.943 bits per heavy atom. The van der Waals surface area contributed by atoms with Crippen molar-refractivity contribution in [2.75, 3.05) is 24.7 Å². The third kappa shape index (κ3) is 5.66. The maximum Gasteiger partial charge on any atom is 0.243 e. The topological polar surface area (TPSA) is 83.6 Å². The number of hydrogen-bond acceptors (Lipinski definition) is 5. The molecule has 8 heteroatoms. The number of nitrogens with zero attached hydrogens (tertiary/aromatic N) is 1. The number of aryl methyl sites for hydroxylation is 1. The molecule has 3 aromatic rings. The molecule has 3 aromatic carbocycles. The van der Waals surface area contributed by atoms with Crippen LogP contribution in [0.15, 0.2) is 82.6 Å². The fourth-order valence-corrected chi connectivity index (χ4v) is 6.07. The number of anilines is 1. The predicted molar refractivity (Wildman–Crippen MR) is 139 cm³/mol. The van der Waals surface area contributed by atoms with Crippen LogP contribution in [0.2, 0.25) is 0 Å². The third-order valence-electron chi connectivity index (χ3n) is 6.24. The molecule has 4 rings (SSSR count). The Labute approximate surface area is 210 Å². The van der Waals surface area contributed by atoms with E-state index in [1.165, 1.54) is 4.31 Å². The predicted octanol–water partition coefficient (Wildman–Crippen LogP) is 4.99. The summed E-state index contributed by atoms with van der Waals surface area (Å²) in [6.07, 6.45) is 2.78. The molecule has 0 aliphatic carbocycles. The highest BCUT2D eigenvalue weighted by molar-refractivity contribution is 7.98. The molecular formula is C27H28N2O4S2. The Bertz CT molecular complexity index is 1320. The Morgan fingerprint density at radius 2 is 1.60 bits per heavy atom. The van der Waals surface area contributed by atoms with E-state index in [0.717, 1.165) is 10.5 Å². The van der Waals surface area contributed by atoms with E-state index in [9.17, 15) is 18.0 Å². The smallest absolute Gasteiger partial charge is 0.243 e. The zero-order valence-electron chi connectivity index (χ0n) is 19.7. The summed E-state index contributed by atoms with van der Waals surface area (Å²) in [5.41, 5.74) is 2.39. The summed E-state index contributed by atoms with van der Waals surface area (Å²) in [7, 11) is -3.60. The summed E-state index contributed by atoms with van der Waals surface area (Å²) in [5.74, 6) is -0.684. The van der Waals surface area contributed by atoms with Gasteiger partial charge in [-0.05, 0) is 62.4 Å². The quantitative estimate of drug-likeness (QED) is 0.359. The molecule has 1 fully saturated rings. The molecule has 0 saturated carbocycles. The zero-order chi connectivity index (χ0) is 25.0. The van der Waals surface area contributed by atoms with Crippen LogP contribution in [-0.2, 0) is 14.8 Å². The van der Waals surface area contributed by atoms with E-state index in [-0.39, 0.29) is 35.6 Å².